The van der Waals surface area contributed by atoms with Crippen molar-refractivity contribution >= 4 is 39.1 Å². The normalized spacial score (nSPS) is 14.5. The average molecular weight is 582 g/mol. The van der Waals surface area contributed by atoms with Gasteiger partial charge < -0.3 is 10.2 Å². The second-order valence-corrected chi connectivity index (χ2v) is 12.4. The summed E-state index contributed by atoms with van der Waals surface area (Å²) in [6.07, 6.45) is 4.37. The van der Waals surface area contributed by atoms with Gasteiger partial charge in [0.25, 0.3) is 10.0 Å². The molecular formula is C31H36ClN3O4S. The average Bonchev–Trinajstić information content (AvgIpc) is 3.47. The highest BCUT2D eigenvalue weighted by molar-refractivity contribution is 7.92. The molecule has 0 radical (unpaired) electrons. The Morgan fingerprint density at radius 3 is 2.20 bits per heavy atom. The molecule has 0 saturated heterocycles. The quantitative estimate of drug-likeness (QED) is 0.314. The minimum atomic E-state index is -4.14. The van der Waals surface area contributed by atoms with E-state index in [0.717, 1.165) is 35.6 Å². The first-order valence-corrected chi connectivity index (χ1v) is 15.5. The Morgan fingerprint density at radius 2 is 1.57 bits per heavy atom. The standard InChI is InChI=1S/C31H36ClN3O4S/c1-3-28(31(37)33-25-15-10-11-16-25)34(21-24-13-6-4-7-14-24)30(36)22-35(29-20-12-19-27(32)23(29)2)40(38,39)26-17-8-5-9-18-26/h4-9,12-14,17-20,25,28H,3,10-11,15-16,21-22H2,1-2H3,(H,33,37)/t28-/m1/s1. The highest BCUT2D eigenvalue weighted by Gasteiger charge is 2.35. The predicted octanol–water partition coefficient (Wildman–Crippen LogP) is 5.71. The smallest absolute Gasteiger partial charge is 0.264 e. The van der Waals surface area contributed by atoms with Crippen LogP contribution >= 0.6 is 11.6 Å². The zero-order valence-electron chi connectivity index (χ0n) is 22.9. The lowest BCUT2D eigenvalue weighted by atomic mass is 10.1. The fourth-order valence-electron chi connectivity index (χ4n) is 5.17. The molecular weight excluding hydrogens is 546 g/mol. The number of rotatable bonds is 11. The molecule has 1 aliphatic rings. The molecule has 1 atom stereocenters. The summed E-state index contributed by atoms with van der Waals surface area (Å²) in [5.41, 5.74) is 1.70. The minimum absolute atomic E-state index is 0.0582. The van der Waals surface area contributed by atoms with Gasteiger partial charge in [-0.2, -0.15) is 0 Å². The summed E-state index contributed by atoms with van der Waals surface area (Å²) < 4.78 is 29.0. The van der Waals surface area contributed by atoms with Crippen LogP contribution in [-0.4, -0.2) is 43.8 Å². The van der Waals surface area contributed by atoms with E-state index in [-0.39, 0.29) is 23.4 Å². The minimum Gasteiger partial charge on any atom is -0.352 e. The van der Waals surface area contributed by atoms with E-state index in [0.29, 0.717) is 22.7 Å². The fraction of sp³-hybridized carbons (Fsp3) is 0.355. The Balaban J connectivity index is 1.72. The van der Waals surface area contributed by atoms with Crippen LogP contribution in [0, 0.1) is 6.92 Å². The summed E-state index contributed by atoms with van der Waals surface area (Å²) in [5.74, 6) is -0.689. The Labute approximate surface area is 242 Å². The van der Waals surface area contributed by atoms with Crippen molar-refractivity contribution in [2.45, 2.75) is 69.5 Å². The second-order valence-electron chi connectivity index (χ2n) is 10.1. The van der Waals surface area contributed by atoms with Crippen LogP contribution in [0.2, 0.25) is 5.02 Å². The van der Waals surface area contributed by atoms with Gasteiger partial charge >= 0.3 is 0 Å². The molecule has 0 bridgehead atoms. The maximum Gasteiger partial charge on any atom is 0.264 e. The van der Waals surface area contributed by atoms with E-state index in [9.17, 15) is 18.0 Å². The van der Waals surface area contributed by atoms with Crippen molar-refractivity contribution in [3.05, 3.63) is 95.0 Å². The van der Waals surface area contributed by atoms with Crippen molar-refractivity contribution in [1.82, 2.24) is 10.2 Å². The number of carbonyl (C=O) groups is 2. The van der Waals surface area contributed by atoms with Gasteiger partial charge in [0.05, 0.1) is 10.6 Å². The van der Waals surface area contributed by atoms with E-state index < -0.39 is 28.5 Å². The molecule has 40 heavy (non-hydrogen) atoms. The van der Waals surface area contributed by atoms with E-state index in [1.807, 2.05) is 37.3 Å². The highest BCUT2D eigenvalue weighted by Crippen LogP contribution is 2.31. The van der Waals surface area contributed by atoms with Gasteiger partial charge in [0.15, 0.2) is 0 Å². The number of nitrogens with zero attached hydrogens (tertiary/aromatic N) is 2. The van der Waals surface area contributed by atoms with Crippen LogP contribution in [0.25, 0.3) is 0 Å². The summed E-state index contributed by atoms with van der Waals surface area (Å²) in [4.78, 5) is 29.2. The van der Waals surface area contributed by atoms with Crippen molar-refractivity contribution in [2.75, 3.05) is 10.8 Å². The molecule has 7 nitrogen and oxygen atoms in total. The number of nitrogens with one attached hydrogen (secondary N) is 1. The molecule has 3 aromatic rings. The lowest BCUT2D eigenvalue weighted by molar-refractivity contribution is -0.140. The van der Waals surface area contributed by atoms with Gasteiger partial charge in [-0.05, 0) is 61.6 Å². The van der Waals surface area contributed by atoms with Crippen LogP contribution in [0.1, 0.15) is 50.2 Å². The Kier molecular flexibility index (Phi) is 9.87. The van der Waals surface area contributed by atoms with Gasteiger partial charge in [-0.1, -0.05) is 86.0 Å². The summed E-state index contributed by atoms with van der Waals surface area (Å²) in [5, 5.41) is 3.52. The van der Waals surface area contributed by atoms with Gasteiger partial charge in [0, 0.05) is 17.6 Å². The zero-order valence-corrected chi connectivity index (χ0v) is 24.5. The van der Waals surface area contributed by atoms with E-state index in [1.165, 1.54) is 17.0 Å². The van der Waals surface area contributed by atoms with E-state index in [4.69, 9.17) is 11.6 Å². The topological polar surface area (TPSA) is 86.8 Å². The van der Waals surface area contributed by atoms with Crippen LogP contribution < -0.4 is 9.62 Å². The summed E-state index contributed by atoms with van der Waals surface area (Å²) in [6, 6.07) is 21.7. The van der Waals surface area contributed by atoms with Crippen LogP contribution in [-0.2, 0) is 26.2 Å². The molecule has 0 heterocycles. The number of benzene rings is 3. The molecule has 212 valence electrons. The molecule has 0 spiro atoms. The lowest BCUT2D eigenvalue weighted by Crippen LogP contribution is -2.53. The molecule has 9 heteroatoms. The number of halogens is 1. The van der Waals surface area contributed by atoms with E-state index in [2.05, 4.69) is 5.32 Å². The fourth-order valence-corrected chi connectivity index (χ4v) is 6.83. The van der Waals surface area contributed by atoms with Gasteiger partial charge in [-0.3, -0.25) is 13.9 Å². The number of sulfonamides is 1. The molecule has 0 unspecified atom stereocenters. The Morgan fingerprint density at radius 1 is 0.950 bits per heavy atom. The van der Waals surface area contributed by atoms with Crippen molar-refractivity contribution in [1.29, 1.82) is 0 Å². The van der Waals surface area contributed by atoms with Crippen LogP contribution in [0.3, 0.4) is 0 Å². The summed E-state index contributed by atoms with van der Waals surface area (Å²) in [7, 11) is -4.14. The first kappa shape index (κ1) is 29.6. The lowest BCUT2D eigenvalue weighted by Gasteiger charge is -2.34. The summed E-state index contributed by atoms with van der Waals surface area (Å²) >= 11 is 6.39. The molecule has 1 N–H and O–H groups in total. The van der Waals surface area contributed by atoms with E-state index in [1.54, 1.807) is 43.3 Å². The Hall–Kier alpha value is -3.36. The number of amides is 2. The van der Waals surface area contributed by atoms with E-state index >= 15 is 0 Å². The first-order valence-electron chi connectivity index (χ1n) is 13.7. The number of carbonyl (C=O) groups excluding carboxylic acids is 2. The summed E-state index contributed by atoms with van der Waals surface area (Å²) in [6.45, 7) is 3.27. The van der Waals surface area contributed by atoms with Crippen LogP contribution in [0.15, 0.2) is 83.8 Å². The number of hydrogen-bond donors (Lipinski definition) is 1. The van der Waals surface area contributed by atoms with Crippen LogP contribution in [0.4, 0.5) is 5.69 Å². The molecule has 1 aliphatic carbocycles. The molecule has 3 aromatic carbocycles. The largest absolute Gasteiger partial charge is 0.352 e. The third kappa shape index (κ3) is 6.85. The molecule has 0 aromatic heterocycles. The monoisotopic (exact) mass is 581 g/mol. The van der Waals surface area contributed by atoms with Gasteiger partial charge in [0.2, 0.25) is 11.8 Å². The van der Waals surface area contributed by atoms with Gasteiger partial charge in [-0.25, -0.2) is 8.42 Å². The number of hydrogen-bond acceptors (Lipinski definition) is 4. The second kappa shape index (κ2) is 13.3. The molecule has 2 amide bonds. The highest BCUT2D eigenvalue weighted by atomic mass is 35.5. The maximum absolute atomic E-state index is 14.2. The van der Waals surface area contributed by atoms with Crippen molar-refractivity contribution in [3.63, 3.8) is 0 Å². The first-order chi connectivity index (χ1) is 19.2. The Bertz CT molecular complexity index is 1410. The SMILES string of the molecule is CC[C@H](C(=O)NC1CCCC1)N(Cc1ccccc1)C(=O)CN(c1cccc(Cl)c1C)S(=O)(=O)c1ccccc1. The molecule has 1 saturated carbocycles. The predicted molar refractivity (Wildman–Crippen MR) is 159 cm³/mol. The third-order valence-corrected chi connectivity index (χ3v) is 9.58. The maximum atomic E-state index is 14.2. The number of anilines is 1. The van der Waals surface area contributed by atoms with Crippen molar-refractivity contribution < 1.29 is 18.0 Å². The van der Waals surface area contributed by atoms with Crippen molar-refractivity contribution in [3.8, 4) is 0 Å². The molecule has 0 aliphatic heterocycles. The molecule has 4 rings (SSSR count). The molecule has 1 fully saturated rings. The third-order valence-electron chi connectivity index (χ3n) is 7.40. The zero-order chi connectivity index (χ0) is 28.7. The van der Waals surface area contributed by atoms with Gasteiger partial charge in [-0.15, -0.1) is 0 Å². The van der Waals surface area contributed by atoms with Crippen LogP contribution in [0.5, 0.6) is 0 Å². The van der Waals surface area contributed by atoms with Gasteiger partial charge in [0.1, 0.15) is 12.6 Å². The van der Waals surface area contributed by atoms with Crippen molar-refractivity contribution in [2.24, 2.45) is 0 Å².